The lowest BCUT2D eigenvalue weighted by Crippen LogP contribution is -2.12. The monoisotopic (exact) mass is 462 g/mol. The highest BCUT2D eigenvalue weighted by Gasteiger charge is 2.18. The molecule has 8 nitrogen and oxygen atoms in total. The van der Waals surface area contributed by atoms with Crippen molar-refractivity contribution in [2.24, 2.45) is 0 Å². The zero-order valence-electron chi connectivity index (χ0n) is 17.5. The number of amides is 1. The summed E-state index contributed by atoms with van der Waals surface area (Å²) in [5, 5.41) is 7.64. The second-order valence-corrected chi connectivity index (χ2v) is 7.71. The van der Waals surface area contributed by atoms with E-state index in [1.165, 1.54) is 22.7 Å². The number of nitrogens with zero attached hydrogens (tertiary/aromatic N) is 5. The van der Waals surface area contributed by atoms with Crippen LogP contribution in [0.4, 0.5) is 10.1 Å². The maximum Gasteiger partial charge on any atom is 0.293 e. The van der Waals surface area contributed by atoms with E-state index in [1.54, 1.807) is 32.3 Å². The van der Waals surface area contributed by atoms with Crippen LogP contribution in [0, 0.1) is 19.7 Å². The van der Waals surface area contributed by atoms with Gasteiger partial charge in [-0.15, -0.1) is 5.10 Å². The molecule has 0 saturated heterocycles. The third kappa shape index (κ3) is 3.94. The first-order valence-electron chi connectivity index (χ1n) is 9.91. The minimum atomic E-state index is -0.540. The molecule has 0 aliphatic heterocycles. The fraction of sp³-hybridized carbons (Fsp3) is 0.0870. The van der Waals surface area contributed by atoms with Crippen LogP contribution < -0.4 is 5.32 Å². The Hall–Kier alpha value is -4.11. The van der Waals surface area contributed by atoms with Crippen molar-refractivity contribution in [1.82, 2.24) is 24.6 Å². The molecule has 2 aromatic carbocycles. The summed E-state index contributed by atoms with van der Waals surface area (Å²) in [5.41, 5.74) is 2.47. The number of hydrogen-bond donors (Lipinski definition) is 1. The van der Waals surface area contributed by atoms with Crippen LogP contribution in [0.3, 0.4) is 0 Å². The Morgan fingerprint density at radius 3 is 2.70 bits per heavy atom. The van der Waals surface area contributed by atoms with Gasteiger partial charge < -0.3 is 9.73 Å². The number of rotatable bonds is 4. The zero-order chi connectivity index (χ0) is 23.1. The van der Waals surface area contributed by atoms with Gasteiger partial charge in [0.1, 0.15) is 5.82 Å². The van der Waals surface area contributed by atoms with Crippen molar-refractivity contribution in [3.05, 3.63) is 83.0 Å². The van der Waals surface area contributed by atoms with E-state index in [9.17, 15) is 9.18 Å². The maximum atomic E-state index is 14.6. The number of anilines is 1. The Bertz CT molecular complexity index is 1530. The Morgan fingerprint density at radius 2 is 1.94 bits per heavy atom. The average Bonchev–Trinajstić information content (AvgIpc) is 3.37. The lowest BCUT2D eigenvalue weighted by Gasteiger charge is -2.06. The fourth-order valence-electron chi connectivity index (χ4n) is 3.43. The number of fused-ring (bicyclic) bond motifs is 1. The van der Waals surface area contributed by atoms with Gasteiger partial charge in [0.15, 0.2) is 11.7 Å². The van der Waals surface area contributed by atoms with Gasteiger partial charge in [-0.3, -0.25) is 4.79 Å². The summed E-state index contributed by atoms with van der Waals surface area (Å²) in [6.07, 6.45) is 3.35. The molecule has 5 aromatic rings. The van der Waals surface area contributed by atoms with E-state index in [2.05, 4.69) is 25.4 Å². The van der Waals surface area contributed by atoms with E-state index in [4.69, 9.17) is 16.0 Å². The van der Waals surface area contributed by atoms with Crippen molar-refractivity contribution in [2.45, 2.75) is 13.8 Å². The molecular weight excluding hydrogens is 447 g/mol. The van der Waals surface area contributed by atoms with Crippen LogP contribution in [0.25, 0.3) is 28.3 Å². The summed E-state index contributed by atoms with van der Waals surface area (Å²) in [6, 6.07) is 11.5. The van der Waals surface area contributed by atoms with Crippen LogP contribution in [0.2, 0.25) is 5.02 Å². The third-order valence-electron chi connectivity index (χ3n) is 4.95. The number of benzene rings is 2. The van der Waals surface area contributed by atoms with E-state index in [0.717, 1.165) is 11.1 Å². The SMILES string of the molecule is Cc1nc(C)c(C(=O)Nc2ccc(F)c(-c3nc4ncc(-c5ccccc5Cl)cn4n3)c2)o1. The molecule has 3 aromatic heterocycles. The molecule has 3 heterocycles. The Kier molecular flexibility index (Phi) is 5.10. The normalized spacial score (nSPS) is 11.2. The zero-order valence-corrected chi connectivity index (χ0v) is 18.3. The van der Waals surface area contributed by atoms with Gasteiger partial charge >= 0.3 is 0 Å². The molecule has 1 N–H and O–H groups in total. The molecular formula is C23H16ClFN6O2. The topological polar surface area (TPSA) is 98.2 Å². The average molecular weight is 463 g/mol. The smallest absolute Gasteiger partial charge is 0.293 e. The van der Waals surface area contributed by atoms with Gasteiger partial charge in [0.2, 0.25) is 5.76 Å². The molecule has 0 aliphatic carbocycles. The lowest BCUT2D eigenvalue weighted by atomic mass is 10.1. The Labute approximate surface area is 192 Å². The van der Waals surface area contributed by atoms with Crippen LogP contribution in [-0.2, 0) is 0 Å². The number of aryl methyl sites for hydroxylation is 2. The molecule has 33 heavy (non-hydrogen) atoms. The van der Waals surface area contributed by atoms with Gasteiger partial charge in [-0.25, -0.2) is 18.9 Å². The molecule has 164 valence electrons. The van der Waals surface area contributed by atoms with E-state index >= 15 is 0 Å². The molecule has 0 saturated carbocycles. The van der Waals surface area contributed by atoms with Gasteiger partial charge in [-0.05, 0) is 31.2 Å². The number of carbonyl (C=O) groups is 1. The predicted octanol–water partition coefficient (Wildman–Crippen LogP) is 5.11. The first-order valence-corrected chi connectivity index (χ1v) is 10.3. The van der Waals surface area contributed by atoms with Gasteiger partial charge in [0.05, 0.1) is 11.3 Å². The molecule has 0 atom stereocenters. The molecule has 0 bridgehead atoms. The summed E-state index contributed by atoms with van der Waals surface area (Å²) in [4.78, 5) is 25.3. The van der Waals surface area contributed by atoms with E-state index in [1.807, 2.05) is 18.2 Å². The summed E-state index contributed by atoms with van der Waals surface area (Å²) >= 11 is 6.28. The van der Waals surface area contributed by atoms with E-state index < -0.39 is 11.7 Å². The van der Waals surface area contributed by atoms with E-state index in [-0.39, 0.29) is 17.1 Å². The molecule has 0 radical (unpaired) electrons. The summed E-state index contributed by atoms with van der Waals surface area (Å²) < 4.78 is 21.4. The van der Waals surface area contributed by atoms with Crippen molar-refractivity contribution in [3.8, 4) is 22.5 Å². The highest BCUT2D eigenvalue weighted by molar-refractivity contribution is 6.33. The van der Waals surface area contributed by atoms with Crippen LogP contribution in [0.15, 0.2) is 59.3 Å². The minimum absolute atomic E-state index is 0.0977. The summed E-state index contributed by atoms with van der Waals surface area (Å²) in [7, 11) is 0. The van der Waals surface area contributed by atoms with Crippen LogP contribution >= 0.6 is 11.6 Å². The van der Waals surface area contributed by atoms with Gasteiger partial charge in [0, 0.05) is 41.2 Å². The van der Waals surface area contributed by atoms with Crippen LogP contribution in [-0.4, -0.2) is 30.5 Å². The number of oxazole rings is 1. The quantitative estimate of drug-likeness (QED) is 0.398. The molecule has 0 aliphatic rings. The van der Waals surface area contributed by atoms with Crippen molar-refractivity contribution in [1.29, 1.82) is 0 Å². The van der Waals surface area contributed by atoms with Crippen molar-refractivity contribution in [3.63, 3.8) is 0 Å². The molecule has 10 heteroatoms. The van der Waals surface area contributed by atoms with Crippen molar-refractivity contribution < 1.29 is 13.6 Å². The second kappa shape index (κ2) is 8.10. The minimum Gasteiger partial charge on any atom is -0.436 e. The Morgan fingerprint density at radius 1 is 1.12 bits per heavy atom. The fourth-order valence-corrected chi connectivity index (χ4v) is 3.68. The molecule has 5 rings (SSSR count). The number of nitrogens with one attached hydrogen (secondary N) is 1. The maximum absolute atomic E-state index is 14.6. The van der Waals surface area contributed by atoms with Gasteiger partial charge in [-0.2, -0.15) is 4.98 Å². The van der Waals surface area contributed by atoms with Gasteiger partial charge in [0.25, 0.3) is 11.7 Å². The van der Waals surface area contributed by atoms with Crippen LogP contribution in [0.5, 0.6) is 0 Å². The van der Waals surface area contributed by atoms with Gasteiger partial charge in [-0.1, -0.05) is 29.8 Å². The third-order valence-corrected chi connectivity index (χ3v) is 5.28. The second-order valence-electron chi connectivity index (χ2n) is 7.30. The van der Waals surface area contributed by atoms with Crippen molar-refractivity contribution >= 4 is 29.0 Å². The number of carbonyl (C=O) groups excluding carboxylic acids is 1. The predicted molar refractivity (Wildman–Crippen MR) is 121 cm³/mol. The molecule has 0 fully saturated rings. The highest BCUT2D eigenvalue weighted by Crippen LogP contribution is 2.28. The lowest BCUT2D eigenvalue weighted by molar-refractivity contribution is 0.0994. The Balaban J connectivity index is 1.48. The summed E-state index contributed by atoms with van der Waals surface area (Å²) in [6.45, 7) is 3.33. The standard InChI is InChI=1S/C23H16ClFN6O2/c1-12-20(33-13(2)27-12)22(32)28-15-7-8-19(25)17(9-15)21-29-23-26-10-14(11-31(23)30-21)16-5-3-4-6-18(16)24/h3-11H,1-2H3,(H,28,32). The summed E-state index contributed by atoms with van der Waals surface area (Å²) in [5.74, 6) is -0.126. The first-order chi connectivity index (χ1) is 15.9. The molecule has 0 unspecified atom stereocenters. The van der Waals surface area contributed by atoms with Crippen molar-refractivity contribution in [2.75, 3.05) is 5.32 Å². The number of hydrogen-bond acceptors (Lipinski definition) is 6. The number of aromatic nitrogens is 5. The molecule has 0 spiro atoms. The first kappa shape index (κ1) is 20.8. The van der Waals surface area contributed by atoms with E-state index in [0.29, 0.717) is 28.1 Å². The largest absolute Gasteiger partial charge is 0.436 e. The number of halogens is 2. The van der Waals surface area contributed by atoms with Crippen LogP contribution in [0.1, 0.15) is 22.1 Å². The molecule has 1 amide bonds. The highest BCUT2D eigenvalue weighted by atomic mass is 35.5.